The SMILES string of the molecule is CC(=O)Oc1ccc(-c2[nH]c(=S)sc2C(C(=O)O)C(c2ccccc2)c2ccccc2)cc1OC(C)=O. The van der Waals surface area contributed by atoms with E-state index in [4.69, 9.17) is 21.7 Å². The van der Waals surface area contributed by atoms with Crippen molar-refractivity contribution in [3.8, 4) is 22.8 Å². The molecule has 4 aromatic rings. The lowest BCUT2D eigenvalue weighted by molar-refractivity contribution is -0.139. The van der Waals surface area contributed by atoms with Gasteiger partial charge >= 0.3 is 17.9 Å². The summed E-state index contributed by atoms with van der Waals surface area (Å²) in [6.07, 6.45) is 0. The second-order valence-electron chi connectivity index (χ2n) is 8.22. The summed E-state index contributed by atoms with van der Waals surface area (Å²) in [5.74, 6) is -3.57. The van der Waals surface area contributed by atoms with E-state index in [1.54, 1.807) is 6.07 Å². The van der Waals surface area contributed by atoms with Crippen molar-refractivity contribution in [2.45, 2.75) is 25.7 Å². The Hall–Kier alpha value is -4.08. The Morgan fingerprint density at radius 3 is 1.89 bits per heavy atom. The number of nitrogens with one attached hydrogen (secondary N) is 1. The third-order valence-electron chi connectivity index (χ3n) is 5.62. The third kappa shape index (κ3) is 6.02. The number of carboxylic acids is 1. The molecule has 188 valence electrons. The molecule has 1 aromatic heterocycles. The Morgan fingerprint density at radius 1 is 0.838 bits per heavy atom. The van der Waals surface area contributed by atoms with Crippen LogP contribution in [0.5, 0.6) is 11.5 Å². The highest BCUT2D eigenvalue weighted by atomic mass is 32.1. The molecule has 7 nitrogen and oxygen atoms in total. The first-order chi connectivity index (χ1) is 17.7. The fourth-order valence-corrected chi connectivity index (χ4v) is 5.57. The second kappa shape index (κ2) is 11.3. The highest BCUT2D eigenvalue weighted by Crippen LogP contribution is 2.45. The van der Waals surface area contributed by atoms with E-state index in [2.05, 4.69) is 4.98 Å². The number of aromatic amines is 1. The van der Waals surface area contributed by atoms with Gasteiger partial charge in [0.2, 0.25) is 0 Å². The van der Waals surface area contributed by atoms with Gasteiger partial charge in [-0.1, -0.05) is 60.7 Å². The second-order valence-corrected chi connectivity index (χ2v) is 9.94. The molecule has 37 heavy (non-hydrogen) atoms. The Balaban J connectivity index is 1.90. The summed E-state index contributed by atoms with van der Waals surface area (Å²) in [5.41, 5.74) is 2.71. The van der Waals surface area contributed by atoms with Gasteiger partial charge in [-0.15, -0.1) is 11.3 Å². The number of benzene rings is 3. The summed E-state index contributed by atoms with van der Waals surface area (Å²) in [5, 5.41) is 10.5. The molecule has 0 aliphatic heterocycles. The van der Waals surface area contributed by atoms with Crippen LogP contribution in [0.4, 0.5) is 0 Å². The van der Waals surface area contributed by atoms with Crippen LogP contribution in [-0.4, -0.2) is 28.0 Å². The molecule has 0 bridgehead atoms. The highest BCUT2D eigenvalue weighted by molar-refractivity contribution is 7.73. The van der Waals surface area contributed by atoms with Crippen LogP contribution in [0.3, 0.4) is 0 Å². The van der Waals surface area contributed by atoms with Crippen LogP contribution in [0.15, 0.2) is 78.9 Å². The number of rotatable bonds is 8. The van der Waals surface area contributed by atoms with E-state index < -0.39 is 29.7 Å². The number of aromatic nitrogens is 1. The Morgan fingerprint density at radius 2 is 1.38 bits per heavy atom. The van der Waals surface area contributed by atoms with Crippen molar-refractivity contribution in [1.29, 1.82) is 0 Å². The molecule has 0 aliphatic rings. The maximum Gasteiger partial charge on any atom is 0.312 e. The summed E-state index contributed by atoms with van der Waals surface area (Å²) >= 11 is 6.63. The molecule has 1 unspecified atom stereocenters. The molecule has 0 saturated carbocycles. The van der Waals surface area contributed by atoms with Gasteiger partial charge in [0.15, 0.2) is 15.5 Å². The number of hydrogen-bond acceptors (Lipinski definition) is 7. The predicted octanol–water partition coefficient (Wildman–Crippen LogP) is 6.32. The highest BCUT2D eigenvalue weighted by Gasteiger charge is 2.36. The number of H-pyrrole nitrogens is 1. The zero-order valence-corrected chi connectivity index (χ0v) is 21.6. The molecule has 0 spiro atoms. The smallest absolute Gasteiger partial charge is 0.312 e. The molecule has 0 saturated heterocycles. The lowest BCUT2D eigenvalue weighted by Gasteiger charge is -2.25. The van der Waals surface area contributed by atoms with Gasteiger partial charge in [0, 0.05) is 30.2 Å². The number of thiazole rings is 1. The quantitative estimate of drug-likeness (QED) is 0.155. The van der Waals surface area contributed by atoms with Crippen molar-refractivity contribution in [2.24, 2.45) is 0 Å². The fourth-order valence-electron chi connectivity index (χ4n) is 4.22. The Kier molecular flexibility index (Phi) is 7.95. The average molecular weight is 534 g/mol. The average Bonchev–Trinajstić information content (AvgIpc) is 3.24. The van der Waals surface area contributed by atoms with Crippen LogP contribution in [0.2, 0.25) is 0 Å². The monoisotopic (exact) mass is 533 g/mol. The molecule has 4 rings (SSSR count). The molecule has 3 aromatic carbocycles. The van der Waals surface area contributed by atoms with Crippen LogP contribution in [0, 0.1) is 3.95 Å². The summed E-state index contributed by atoms with van der Waals surface area (Å²) in [6.45, 7) is 2.48. The molecule has 1 heterocycles. The van der Waals surface area contributed by atoms with E-state index in [-0.39, 0.29) is 11.5 Å². The number of carbonyl (C=O) groups excluding carboxylic acids is 2. The lowest BCUT2D eigenvalue weighted by Crippen LogP contribution is -2.21. The van der Waals surface area contributed by atoms with Crippen molar-refractivity contribution in [1.82, 2.24) is 4.98 Å². The molecule has 1 atom stereocenters. The molecule has 0 radical (unpaired) electrons. The van der Waals surface area contributed by atoms with E-state index in [1.165, 1.54) is 37.3 Å². The van der Waals surface area contributed by atoms with E-state index in [0.29, 0.717) is 20.1 Å². The van der Waals surface area contributed by atoms with Gasteiger partial charge in [0.25, 0.3) is 0 Å². The van der Waals surface area contributed by atoms with Gasteiger partial charge in [-0.3, -0.25) is 14.4 Å². The third-order valence-corrected chi connectivity index (χ3v) is 6.93. The number of carbonyl (C=O) groups is 3. The Bertz CT molecular complexity index is 1450. The van der Waals surface area contributed by atoms with Crippen molar-refractivity contribution < 1.29 is 29.0 Å². The fraction of sp³-hybridized carbons (Fsp3) is 0.143. The summed E-state index contributed by atoms with van der Waals surface area (Å²) in [4.78, 5) is 39.8. The van der Waals surface area contributed by atoms with E-state index in [9.17, 15) is 19.5 Å². The van der Waals surface area contributed by atoms with Gasteiger partial charge in [-0.2, -0.15) is 0 Å². The minimum Gasteiger partial charge on any atom is -0.481 e. The van der Waals surface area contributed by atoms with Gasteiger partial charge in [-0.05, 0) is 41.5 Å². The molecular formula is C28H23NO6S2. The first kappa shape index (κ1) is 26.0. The van der Waals surface area contributed by atoms with Crippen LogP contribution in [-0.2, 0) is 14.4 Å². The predicted molar refractivity (Wildman–Crippen MR) is 143 cm³/mol. The van der Waals surface area contributed by atoms with E-state index in [0.717, 1.165) is 11.1 Å². The van der Waals surface area contributed by atoms with Crippen molar-refractivity contribution in [3.63, 3.8) is 0 Å². The molecular weight excluding hydrogens is 510 g/mol. The standard InChI is InChI=1S/C28H23NO6S2/c1-16(30)34-21-14-13-20(15-22(21)35-17(2)31)25-26(37-28(36)29-25)24(27(32)33)23(18-9-5-3-6-10-18)19-11-7-4-8-12-19/h3-15,23-24H,1-2H3,(H,29,36)(H,32,33). The van der Waals surface area contributed by atoms with Crippen LogP contribution < -0.4 is 9.47 Å². The van der Waals surface area contributed by atoms with Crippen LogP contribution in [0.1, 0.15) is 41.7 Å². The molecule has 0 aliphatic carbocycles. The zero-order valence-electron chi connectivity index (χ0n) is 20.0. The maximum absolute atomic E-state index is 12.9. The van der Waals surface area contributed by atoms with Crippen molar-refractivity contribution in [2.75, 3.05) is 0 Å². The summed E-state index contributed by atoms with van der Waals surface area (Å²) < 4.78 is 10.9. The topological polar surface area (TPSA) is 106 Å². The minimum absolute atomic E-state index is 0.0335. The van der Waals surface area contributed by atoms with Gasteiger partial charge < -0.3 is 19.6 Å². The number of aliphatic carboxylic acids is 1. The number of esters is 2. The van der Waals surface area contributed by atoms with Crippen molar-refractivity contribution in [3.05, 3.63) is 98.8 Å². The molecule has 0 amide bonds. The Labute approximate surface area is 222 Å². The minimum atomic E-state index is -1.01. The van der Waals surface area contributed by atoms with Crippen LogP contribution in [0.25, 0.3) is 11.3 Å². The zero-order chi connectivity index (χ0) is 26.5. The molecule has 9 heteroatoms. The van der Waals surface area contributed by atoms with E-state index in [1.807, 2.05) is 60.7 Å². The van der Waals surface area contributed by atoms with Crippen molar-refractivity contribution >= 4 is 41.5 Å². The first-order valence-electron chi connectivity index (χ1n) is 11.3. The van der Waals surface area contributed by atoms with Gasteiger partial charge in [-0.25, -0.2) is 0 Å². The maximum atomic E-state index is 12.9. The number of hydrogen-bond donors (Lipinski definition) is 2. The lowest BCUT2D eigenvalue weighted by atomic mass is 9.79. The number of carboxylic acid groups (broad SMARTS) is 1. The molecule has 2 N–H and O–H groups in total. The van der Waals surface area contributed by atoms with Crippen LogP contribution >= 0.6 is 23.6 Å². The summed E-state index contributed by atoms with van der Waals surface area (Å²) in [6, 6.07) is 23.6. The van der Waals surface area contributed by atoms with E-state index >= 15 is 0 Å². The van der Waals surface area contributed by atoms with Gasteiger partial charge in [0.1, 0.15) is 5.92 Å². The normalized spacial score (nSPS) is 11.6. The first-order valence-corrected chi connectivity index (χ1v) is 12.5. The summed E-state index contributed by atoms with van der Waals surface area (Å²) in [7, 11) is 0. The largest absolute Gasteiger partial charge is 0.481 e. The molecule has 0 fully saturated rings. The number of ether oxygens (including phenoxy) is 2. The van der Waals surface area contributed by atoms with Gasteiger partial charge in [0.05, 0.1) is 5.69 Å².